The van der Waals surface area contributed by atoms with Crippen LogP contribution in [0.5, 0.6) is 5.75 Å². The number of hydrogen-bond acceptors (Lipinski definition) is 3. The van der Waals surface area contributed by atoms with Gasteiger partial charge in [-0.25, -0.2) is 0 Å². The molecule has 1 aromatic heterocycles. The van der Waals surface area contributed by atoms with E-state index >= 15 is 0 Å². The minimum absolute atomic E-state index is 0.116. The number of rotatable bonds is 2. The molecule has 3 aromatic rings. The van der Waals surface area contributed by atoms with Crippen LogP contribution in [0.2, 0.25) is 0 Å². The second-order valence-corrected chi connectivity index (χ2v) is 5.39. The Morgan fingerprint density at radius 1 is 1.05 bits per heavy atom. The Bertz CT molecular complexity index is 799. The Hall–Kier alpha value is -2.39. The maximum absolute atomic E-state index is 5.85. The van der Waals surface area contributed by atoms with Gasteiger partial charge in [0.15, 0.2) is 0 Å². The zero-order chi connectivity index (χ0) is 14.2. The largest absolute Gasteiger partial charge is 0.488 e. The second kappa shape index (κ2) is 4.86. The highest BCUT2D eigenvalue weighted by Gasteiger charge is 2.23. The number of hydrogen-bond donors (Lipinski definition) is 1. The van der Waals surface area contributed by atoms with Crippen molar-refractivity contribution in [2.24, 2.45) is 5.73 Å². The van der Waals surface area contributed by atoms with E-state index in [4.69, 9.17) is 10.5 Å². The zero-order valence-electron chi connectivity index (χ0n) is 11.6. The Kier molecular flexibility index (Phi) is 2.86. The molecule has 0 saturated heterocycles. The van der Waals surface area contributed by atoms with Crippen molar-refractivity contribution < 1.29 is 4.74 Å². The molecule has 3 nitrogen and oxygen atoms in total. The summed E-state index contributed by atoms with van der Waals surface area (Å²) in [7, 11) is 0. The van der Waals surface area contributed by atoms with Crippen molar-refractivity contribution in [3.63, 3.8) is 0 Å². The van der Waals surface area contributed by atoms with Gasteiger partial charge in [0, 0.05) is 30.9 Å². The molecule has 4 rings (SSSR count). The zero-order valence-corrected chi connectivity index (χ0v) is 11.6. The average molecular weight is 276 g/mol. The van der Waals surface area contributed by atoms with Gasteiger partial charge in [0.2, 0.25) is 0 Å². The molecule has 1 atom stereocenters. The standard InChI is InChI=1S/C18H16N2O/c19-11-15-10-17-16-3-1-13(12-5-7-20-8-6-12)9-14(16)2-4-18(17)21-15/h1-9,15H,10-11,19H2. The van der Waals surface area contributed by atoms with Crippen LogP contribution in [0.25, 0.3) is 21.9 Å². The first-order valence-corrected chi connectivity index (χ1v) is 7.18. The summed E-state index contributed by atoms with van der Waals surface area (Å²) in [6, 6.07) is 14.8. The first-order chi connectivity index (χ1) is 10.3. The second-order valence-electron chi connectivity index (χ2n) is 5.39. The molecule has 0 aliphatic carbocycles. The van der Waals surface area contributed by atoms with E-state index in [-0.39, 0.29) is 6.10 Å². The number of pyridine rings is 1. The van der Waals surface area contributed by atoms with Crippen LogP contribution in [-0.2, 0) is 6.42 Å². The minimum Gasteiger partial charge on any atom is -0.488 e. The van der Waals surface area contributed by atoms with E-state index in [1.54, 1.807) is 0 Å². The lowest BCUT2D eigenvalue weighted by molar-refractivity contribution is 0.241. The molecular weight excluding hydrogens is 260 g/mol. The van der Waals surface area contributed by atoms with E-state index in [0.29, 0.717) is 6.54 Å². The van der Waals surface area contributed by atoms with Gasteiger partial charge < -0.3 is 10.5 Å². The van der Waals surface area contributed by atoms with Gasteiger partial charge in [-0.2, -0.15) is 0 Å². The number of nitrogens with two attached hydrogens (primary N) is 1. The van der Waals surface area contributed by atoms with Gasteiger partial charge in [-0.05, 0) is 46.2 Å². The van der Waals surface area contributed by atoms with E-state index in [2.05, 4.69) is 35.3 Å². The van der Waals surface area contributed by atoms with Crippen molar-refractivity contribution in [1.82, 2.24) is 4.98 Å². The normalized spacial score (nSPS) is 16.7. The van der Waals surface area contributed by atoms with Crippen LogP contribution >= 0.6 is 0 Å². The van der Waals surface area contributed by atoms with Gasteiger partial charge in [-0.1, -0.05) is 18.2 Å². The summed E-state index contributed by atoms with van der Waals surface area (Å²) in [6.07, 6.45) is 4.66. The van der Waals surface area contributed by atoms with Crippen molar-refractivity contribution in [2.45, 2.75) is 12.5 Å². The number of nitrogens with zero attached hydrogens (tertiary/aromatic N) is 1. The van der Waals surface area contributed by atoms with E-state index in [9.17, 15) is 0 Å². The molecule has 2 N–H and O–H groups in total. The Balaban J connectivity index is 1.83. The minimum atomic E-state index is 0.116. The number of ether oxygens (including phenoxy) is 1. The topological polar surface area (TPSA) is 48.1 Å². The fourth-order valence-electron chi connectivity index (χ4n) is 3.00. The smallest absolute Gasteiger partial charge is 0.123 e. The summed E-state index contributed by atoms with van der Waals surface area (Å²) in [4.78, 5) is 4.07. The van der Waals surface area contributed by atoms with Crippen molar-refractivity contribution >= 4 is 10.8 Å². The van der Waals surface area contributed by atoms with Gasteiger partial charge in [0.05, 0.1) is 0 Å². The molecule has 104 valence electrons. The Morgan fingerprint density at radius 3 is 2.71 bits per heavy atom. The summed E-state index contributed by atoms with van der Waals surface area (Å²) in [5.41, 5.74) is 9.40. The molecule has 2 aromatic carbocycles. The van der Waals surface area contributed by atoms with Crippen LogP contribution in [0.4, 0.5) is 0 Å². The van der Waals surface area contributed by atoms with Crippen LogP contribution in [-0.4, -0.2) is 17.6 Å². The maximum atomic E-state index is 5.85. The average Bonchev–Trinajstić information content (AvgIpc) is 2.99. The van der Waals surface area contributed by atoms with Gasteiger partial charge in [0.25, 0.3) is 0 Å². The molecule has 0 bridgehead atoms. The monoisotopic (exact) mass is 276 g/mol. The third kappa shape index (κ3) is 2.06. The molecule has 1 unspecified atom stereocenters. The summed E-state index contributed by atoms with van der Waals surface area (Å²) in [5, 5.41) is 2.51. The predicted molar refractivity (Wildman–Crippen MR) is 84.4 cm³/mol. The highest BCUT2D eigenvalue weighted by molar-refractivity contribution is 5.91. The van der Waals surface area contributed by atoms with Crippen molar-refractivity contribution in [2.75, 3.05) is 6.54 Å². The third-order valence-corrected chi connectivity index (χ3v) is 4.09. The molecule has 3 heteroatoms. The molecule has 21 heavy (non-hydrogen) atoms. The number of fused-ring (bicyclic) bond motifs is 3. The quantitative estimate of drug-likeness (QED) is 0.782. The summed E-state index contributed by atoms with van der Waals surface area (Å²) in [6.45, 7) is 0.561. The van der Waals surface area contributed by atoms with Crippen LogP contribution in [0, 0.1) is 0 Å². The summed E-state index contributed by atoms with van der Waals surface area (Å²) in [5.74, 6) is 0.981. The molecule has 0 saturated carbocycles. The van der Waals surface area contributed by atoms with Gasteiger partial charge >= 0.3 is 0 Å². The summed E-state index contributed by atoms with van der Waals surface area (Å²) >= 11 is 0. The Labute approximate surface area is 123 Å². The van der Waals surface area contributed by atoms with E-state index in [1.165, 1.54) is 27.5 Å². The van der Waals surface area contributed by atoms with E-state index in [1.807, 2.05) is 24.5 Å². The fraction of sp³-hybridized carbons (Fsp3) is 0.167. The molecule has 0 amide bonds. The molecule has 0 spiro atoms. The van der Waals surface area contributed by atoms with E-state index in [0.717, 1.165) is 12.2 Å². The van der Waals surface area contributed by atoms with Crippen LogP contribution in [0.15, 0.2) is 54.9 Å². The van der Waals surface area contributed by atoms with Crippen LogP contribution in [0.1, 0.15) is 5.56 Å². The van der Waals surface area contributed by atoms with Gasteiger partial charge in [-0.3, -0.25) is 4.98 Å². The molecule has 1 aliphatic heterocycles. The summed E-state index contributed by atoms with van der Waals surface area (Å²) < 4.78 is 5.85. The lowest BCUT2D eigenvalue weighted by Crippen LogP contribution is -2.24. The Morgan fingerprint density at radius 2 is 1.90 bits per heavy atom. The lowest BCUT2D eigenvalue weighted by atomic mass is 9.97. The van der Waals surface area contributed by atoms with E-state index < -0.39 is 0 Å². The maximum Gasteiger partial charge on any atom is 0.123 e. The lowest BCUT2D eigenvalue weighted by Gasteiger charge is -2.07. The van der Waals surface area contributed by atoms with Crippen molar-refractivity contribution in [1.29, 1.82) is 0 Å². The highest BCUT2D eigenvalue weighted by atomic mass is 16.5. The molecule has 0 fully saturated rings. The molecule has 2 heterocycles. The first kappa shape index (κ1) is 12.4. The number of benzene rings is 2. The molecular formula is C18H16N2O. The third-order valence-electron chi connectivity index (χ3n) is 4.09. The van der Waals surface area contributed by atoms with Crippen LogP contribution < -0.4 is 10.5 Å². The van der Waals surface area contributed by atoms with Gasteiger partial charge in [0.1, 0.15) is 11.9 Å². The molecule has 0 radical (unpaired) electrons. The van der Waals surface area contributed by atoms with Crippen molar-refractivity contribution in [3.05, 3.63) is 60.4 Å². The fourth-order valence-corrected chi connectivity index (χ4v) is 3.00. The highest BCUT2D eigenvalue weighted by Crippen LogP contribution is 2.36. The van der Waals surface area contributed by atoms with Crippen molar-refractivity contribution in [3.8, 4) is 16.9 Å². The SMILES string of the molecule is NCC1Cc2c(ccc3cc(-c4ccncc4)ccc23)O1. The molecule has 1 aliphatic rings. The first-order valence-electron chi connectivity index (χ1n) is 7.18. The predicted octanol–water partition coefficient (Wildman–Crippen LogP) is 3.16. The van der Waals surface area contributed by atoms with Gasteiger partial charge in [-0.15, -0.1) is 0 Å². The van der Waals surface area contributed by atoms with Crippen LogP contribution in [0.3, 0.4) is 0 Å². The number of aromatic nitrogens is 1.